The molecule has 0 atom stereocenters. The maximum atomic E-state index is 11.8. The molecule has 0 radical (unpaired) electrons. The minimum absolute atomic E-state index is 0.232. The van der Waals surface area contributed by atoms with Crippen LogP contribution < -0.4 is 15.7 Å². The number of aromatic amines is 1. The summed E-state index contributed by atoms with van der Waals surface area (Å²) >= 11 is 0. The number of aryl methyl sites for hydroxylation is 1. The van der Waals surface area contributed by atoms with E-state index in [1.54, 1.807) is 24.5 Å². The van der Waals surface area contributed by atoms with Crippen molar-refractivity contribution in [2.75, 3.05) is 5.43 Å². The zero-order chi connectivity index (χ0) is 14.7. The normalized spacial score (nSPS) is 10.2. The van der Waals surface area contributed by atoms with E-state index in [4.69, 9.17) is 0 Å². The lowest BCUT2D eigenvalue weighted by Crippen LogP contribution is -2.33. The molecule has 0 bridgehead atoms. The Bertz CT molecular complexity index is 712. The van der Waals surface area contributed by atoms with E-state index in [1.807, 2.05) is 0 Å². The summed E-state index contributed by atoms with van der Waals surface area (Å²) in [5.74, 6) is -0.232. The highest BCUT2D eigenvalue weighted by Gasteiger charge is 2.10. The van der Waals surface area contributed by atoms with E-state index in [-0.39, 0.29) is 12.4 Å². The van der Waals surface area contributed by atoms with Crippen LogP contribution in [0.2, 0.25) is 0 Å². The van der Waals surface area contributed by atoms with Crippen molar-refractivity contribution in [1.29, 1.82) is 0 Å². The highest BCUT2D eigenvalue weighted by molar-refractivity contribution is 5.25. The summed E-state index contributed by atoms with van der Waals surface area (Å²) in [6, 6.07) is 3.48. The third kappa shape index (κ3) is 3.07. The van der Waals surface area contributed by atoms with E-state index in [1.165, 1.54) is 12.4 Å². The summed E-state index contributed by atoms with van der Waals surface area (Å²) in [5.41, 5.74) is 2.99. The Balaban J connectivity index is 2.23. The molecule has 0 aliphatic rings. The van der Waals surface area contributed by atoms with E-state index in [9.17, 15) is 20.1 Å². The van der Waals surface area contributed by atoms with Crippen molar-refractivity contribution in [2.24, 2.45) is 0 Å². The molecular weight excluding hydrogens is 266 g/mol. The number of nitro groups is 1. The van der Waals surface area contributed by atoms with Gasteiger partial charge in [0.2, 0.25) is 11.9 Å². The van der Waals surface area contributed by atoms with Gasteiger partial charge in [-0.15, -0.1) is 0 Å². The van der Waals surface area contributed by atoms with Gasteiger partial charge in [-0.05, 0) is 6.07 Å². The van der Waals surface area contributed by atoms with Crippen LogP contribution in [0.1, 0.15) is 16.8 Å². The molecule has 0 fully saturated rings. The van der Waals surface area contributed by atoms with Crippen LogP contribution in [0.3, 0.4) is 0 Å². The summed E-state index contributed by atoms with van der Waals surface area (Å²) < 4.78 is 0.958. The van der Waals surface area contributed by atoms with Crippen molar-refractivity contribution in [1.82, 2.24) is 9.97 Å². The van der Waals surface area contributed by atoms with Crippen LogP contribution in [0, 0.1) is 17.0 Å². The van der Waals surface area contributed by atoms with Crippen LogP contribution in [0.25, 0.3) is 0 Å². The first-order chi connectivity index (χ1) is 9.45. The second kappa shape index (κ2) is 5.34. The predicted molar refractivity (Wildman–Crippen MR) is 66.8 cm³/mol. The van der Waals surface area contributed by atoms with Gasteiger partial charge in [0, 0.05) is 41.5 Å². The van der Waals surface area contributed by atoms with Crippen molar-refractivity contribution >= 4 is 5.95 Å². The largest absolute Gasteiger partial charge is 0.288 e. The molecule has 104 valence electrons. The molecule has 0 unspecified atom stereocenters. The summed E-state index contributed by atoms with van der Waals surface area (Å²) in [4.78, 5) is 28.0. The maximum Gasteiger partial charge on any atom is 0.265 e. The van der Waals surface area contributed by atoms with Crippen molar-refractivity contribution in [3.8, 4) is 0 Å². The molecule has 9 nitrogen and oxygen atoms in total. The molecule has 2 aromatic heterocycles. The number of rotatable bonds is 4. The van der Waals surface area contributed by atoms with Crippen LogP contribution in [0.4, 0.5) is 5.95 Å². The molecule has 0 amide bonds. The van der Waals surface area contributed by atoms with Crippen molar-refractivity contribution in [2.45, 2.75) is 13.3 Å². The van der Waals surface area contributed by atoms with E-state index in [2.05, 4.69) is 9.97 Å². The van der Waals surface area contributed by atoms with E-state index in [0.29, 0.717) is 16.8 Å². The number of anilines is 1. The average molecular weight is 278 g/mol. The number of aromatic nitrogens is 3. The molecule has 9 heteroatoms. The topological polar surface area (TPSA) is 125 Å². The van der Waals surface area contributed by atoms with Gasteiger partial charge < -0.3 is 0 Å². The number of pyridine rings is 1. The molecule has 20 heavy (non-hydrogen) atoms. The lowest BCUT2D eigenvalue weighted by atomic mass is 10.1. The summed E-state index contributed by atoms with van der Waals surface area (Å²) in [5, 5.41) is 18.9. The third-order valence-corrected chi connectivity index (χ3v) is 2.65. The standard InChI is InChI=1S/C11H11N5O4/c1-7-2-3-8(6-15(7)18)4-9-5-12-11(13-10(9)17)14-16(19)20/h2-3,5-6H,4H2,1H3,(H2-,12,13,14,17,18)/p+1. The van der Waals surface area contributed by atoms with Gasteiger partial charge in [-0.25, -0.2) is 15.1 Å². The van der Waals surface area contributed by atoms with Crippen LogP contribution in [0.15, 0.2) is 29.3 Å². The second-order valence-electron chi connectivity index (χ2n) is 4.16. The van der Waals surface area contributed by atoms with Gasteiger partial charge in [0.1, 0.15) is 0 Å². The Morgan fingerprint density at radius 1 is 1.55 bits per heavy atom. The molecule has 0 saturated carbocycles. The Hall–Kier alpha value is -2.97. The SMILES string of the molecule is Cc1ccc(Cc2cnc(N[N+](=O)[O-])[nH]c2=O)c[n+]1O. The smallest absolute Gasteiger partial charge is 0.265 e. The van der Waals surface area contributed by atoms with Gasteiger partial charge in [0.25, 0.3) is 11.5 Å². The lowest BCUT2D eigenvalue weighted by molar-refractivity contribution is -0.909. The number of hydrazine groups is 1. The fourth-order valence-electron chi connectivity index (χ4n) is 1.62. The Kier molecular flexibility index (Phi) is 3.60. The molecule has 2 heterocycles. The van der Waals surface area contributed by atoms with E-state index >= 15 is 0 Å². The van der Waals surface area contributed by atoms with Gasteiger partial charge in [-0.1, -0.05) is 5.43 Å². The molecule has 2 rings (SSSR count). The third-order valence-electron chi connectivity index (χ3n) is 2.65. The van der Waals surface area contributed by atoms with E-state index in [0.717, 1.165) is 4.73 Å². The molecule has 0 saturated heterocycles. The van der Waals surface area contributed by atoms with Crippen molar-refractivity contribution in [3.05, 3.63) is 61.8 Å². The number of nitrogens with zero attached hydrogens (tertiary/aromatic N) is 3. The van der Waals surface area contributed by atoms with Gasteiger partial charge >= 0.3 is 0 Å². The molecule has 3 N–H and O–H groups in total. The van der Waals surface area contributed by atoms with Crippen LogP contribution in [-0.2, 0) is 6.42 Å². The summed E-state index contributed by atoms with van der Waals surface area (Å²) in [7, 11) is 0. The molecule has 0 aliphatic heterocycles. The van der Waals surface area contributed by atoms with Crippen molar-refractivity contribution in [3.63, 3.8) is 0 Å². The second-order valence-corrected chi connectivity index (χ2v) is 4.16. The summed E-state index contributed by atoms with van der Waals surface area (Å²) in [6.45, 7) is 1.73. The van der Waals surface area contributed by atoms with Crippen LogP contribution >= 0.6 is 0 Å². The Labute approximate surface area is 112 Å². The number of hydrogen-bond acceptors (Lipinski definition) is 5. The van der Waals surface area contributed by atoms with Gasteiger partial charge in [0.15, 0.2) is 5.03 Å². The Morgan fingerprint density at radius 3 is 2.90 bits per heavy atom. The highest BCUT2D eigenvalue weighted by atomic mass is 16.7. The quantitative estimate of drug-likeness (QED) is 0.308. The predicted octanol–water partition coefficient (Wildman–Crippen LogP) is -0.202. The first-order valence-electron chi connectivity index (χ1n) is 5.65. The fraction of sp³-hybridized carbons (Fsp3) is 0.182. The Morgan fingerprint density at radius 2 is 2.30 bits per heavy atom. The number of H-pyrrole nitrogens is 1. The first-order valence-corrected chi connectivity index (χ1v) is 5.65. The zero-order valence-electron chi connectivity index (χ0n) is 10.5. The van der Waals surface area contributed by atoms with Gasteiger partial charge in [-0.3, -0.25) is 15.0 Å². The molecular formula is C11H12N5O4+. The summed E-state index contributed by atoms with van der Waals surface area (Å²) in [6.07, 6.45) is 2.99. The van der Waals surface area contributed by atoms with Gasteiger partial charge in [0.05, 0.1) is 0 Å². The van der Waals surface area contributed by atoms with Gasteiger partial charge in [-0.2, -0.15) is 0 Å². The first kappa shape index (κ1) is 13.5. The van der Waals surface area contributed by atoms with E-state index < -0.39 is 10.6 Å². The molecule has 0 spiro atoms. The highest BCUT2D eigenvalue weighted by Crippen LogP contribution is 2.04. The molecule has 0 aliphatic carbocycles. The van der Waals surface area contributed by atoms with Crippen molar-refractivity contribution < 1.29 is 15.0 Å². The molecule has 2 aromatic rings. The number of hydrogen-bond donors (Lipinski definition) is 3. The average Bonchev–Trinajstić information content (AvgIpc) is 2.36. The van der Waals surface area contributed by atoms with Crippen LogP contribution in [-0.4, -0.2) is 20.2 Å². The molecule has 0 aromatic carbocycles. The number of nitrogens with one attached hydrogen (secondary N) is 2. The lowest BCUT2D eigenvalue weighted by Gasteiger charge is -2.01. The monoisotopic (exact) mass is 278 g/mol. The van der Waals surface area contributed by atoms with Crippen LogP contribution in [0.5, 0.6) is 0 Å². The minimum atomic E-state index is -0.813. The fourth-order valence-corrected chi connectivity index (χ4v) is 1.62. The zero-order valence-corrected chi connectivity index (χ0v) is 10.5. The minimum Gasteiger partial charge on any atom is -0.288 e. The maximum absolute atomic E-state index is 11.8.